The minimum Gasteiger partial charge on any atom is -0.490 e. The monoisotopic (exact) mass is 634 g/mol. The fourth-order valence-corrected chi connectivity index (χ4v) is 6.16. The molecule has 5 rings (SSSR count). The maximum absolute atomic E-state index is 13.9. The van der Waals surface area contributed by atoms with Crippen molar-refractivity contribution in [3.8, 4) is 11.5 Å². The Balaban J connectivity index is 1.52. The highest BCUT2D eigenvalue weighted by Crippen LogP contribution is 2.32. The molecule has 220 valence electrons. The van der Waals surface area contributed by atoms with Gasteiger partial charge in [-0.3, -0.25) is 9.36 Å². The summed E-state index contributed by atoms with van der Waals surface area (Å²) in [5.41, 5.74) is 2.85. The van der Waals surface area contributed by atoms with E-state index < -0.39 is 12.0 Å². The van der Waals surface area contributed by atoms with Gasteiger partial charge < -0.3 is 14.2 Å². The molecule has 1 aromatic heterocycles. The number of ether oxygens (including phenoxy) is 3. The Morgan fingerprint density at radius 1 is 1.07 bits per heavy atom. The summed E-state index contributed by atoms with van der Waals surface area (Å²) in [4.78, 5) is 32.2. The van der Waals surface area contributed by atoms with Crippen LogP contribution in [0.4, 0.5) is 0 Å². The summed E-state index contributed by atoms with van der Waals surface area (Å²) in [6, 6.07) is 19.2. The number of nitrogens with zero attached hydrogens (tertiary/aromatic N) is 2. The standard InChI is InChI=1S/C33H28Cl2N2O5S/c1-4-15-41-25-13-10-22(11-14-25)30-29(32(39)40-5-2)20(3)36-33-37(30)31(38)28(43-33)17-21-7-6-8-26(16-21)42-19-23-9-12-24(34)18-27(23)35/h4,6-14,16-18,30H,1,5,15,19H2,2-3H3/b28-17-/t30-/m1/s1. The Bertz CT molecular complexity index is 1890. The Hall–Kier alpha value is -4.11. The smallest absolute Gasteiger partial charge is 0.338 e. The molecule has 1 atom stereocenters. The fraction of sp³-hybridized carbons (Fsp3) is 0.182. The number of carbonyl (C=O) groups is 1. The van der Waals surface area contributed by atoms with Crippen molar-refractivity contribution in [2.75, 3.05) is 13.2 Å². The molecule has 43 heavy (non-hydrogen) atoms. The molecule has 0 spiro atoms. The fourth-order valence-electron chi connectivity index (χ4n) is 4.65. The van der Waals surface area contributed by atoms with Gasteiger partial charge in [0.25, 0.3) is 5.56 Å². The lowest BCUT2D eigenvalue weighted by molar-refractivity contribution is -0.139. The van der Waals surface area contributed by atoms with Gasteiger partial charge in [0.15, 0.2) is 4.80 Å². The molecule has 7 nitrogen and oxygen atoms in total. The van der Waals surface area contributed by atoms with Crippen LogP contribution in [-0.4, -0.2) is 23.8 Å². The van der Waals surface area contributed by atoms with Gasteiger partial charge in [0.2, 0.25) is 0 Å². The van der Waals surface area contributed by atoms with Gasteiger partial charge in [-0.05, 0) is 67.4 Å². The van der Waals surface area contributed by atoms with E-state index in [0.717, 1.165) is 16.7 Å². The van der Waals surface area contributed by atoms with Gasteiger partial charge in [0, 0.05) is 15.6 Å². The van der Waals surface area contributed by atoms with Crippen molar-refractivity contribution in [1.82, 2.24) is 4.57 Å². The Morgan fingerprint density at radius 3 is 2.58 bits per heavy atom. The third-order valence-electron chi connectivity index (χ3n) is 6.65. The minimum absolute atomic E-state index is 0.198. The molecule has 0 aliphatic carbocycles. The van der Waals surface area contributed by atoms with Crippen molar-refractivity contribution < 1.29 is 19.0 Å². The highest BCUT2D eigenvalue weighted by molar-refractivity contribution is 7.07. The molecule has 4 aromatic rings. The summed E-state index contributed by atoms with van der Waals surface area (Å²) in [6.45, 7) is 7.99. The van der Waals surface area contributed by atoms with Crippen LogP contribution in [0.3, 0.4) is 0 Å². The molecule has 3 aromatic carbocycles. The second-order valence-electron chi connectivity index (χ2n) is 9.57. The first kappa shape index (κ1) is 30.4. The van der Waals surface area contributed by atoms with Crippen molar-refractivity contribution in [2.24, 2.45) is 4.99 Å². The number of benzene rings is 3. The summed E-state index contributed by atoms with van der Waals surface area (Å²) in [5, 5.41) is 1.08. The van der Waals surface area contributed by atoms with E-state index in [1.165, 1.54) is 11.3 Å². The zero-order chi connectivity index (χ0) is 30.5. The average molecular weight is 636 g/mol. The second kappa shape index (κ2) is 13.5. The molecule has 0 fully saturated rings. The lowest BCUT2D eigenvalue weighted by atomic mass is 9.96. The topological polar surface area (TPSA) is 79.1 Å². The quantitative estimate of drug-likeness (QED) is 0.152. The highest BCUT2D eigenvalue weighted by Gasteiger charge is 2.33. The third kappa shape index (κ3) is 6.77. The first-order valence-electron chi connectivity index (χ1n) is 13.5. The van der Waals surface area contributed by atoms with Crippen LogP contribution in [0.5, 0.6) is 11.5 Å². The van der Waals surface area contributed by atoms with Crippen LogP contribution < -0.4 is 24.4 Å². The molecule has 0 bridgehead atoms. The second-order valence-corrected chi connectivity index (χ2v) is 11.4. The Kier molecular flexibility index (Phi) is 9.50. The molecule has 0 unspecified atom stereocenters. The van der Waals surface area contributed by atoms with Gasteiger partial charge in [0.1, 0.15) is 24.7 Å². The van der Waals surface area contributed by atoms with Gasteiger partial charge >= 0.3 is 5.97 Å². The van der Waals surface area contributed by atoms with E-state index in [2.05, 4.69) is 11.6 Å². The average Bonchev–Trinajstić information content (AvgIpc) is 3.29. The molecule has 1 aliphatic rings. The number of hydrogen-bond acceptors (Lipinski definition) is 7. The lowest BCUT2D eigenvalue weighted by Crippen LogP contribution is -2.39. The van der Waals surface area contributed by atoms with Crippen LogP contribution >= 0.6 is 34.5 Å². The van der Waals surface area contributed by atoms with Crippen molar-refractivity contribution in [3.63, 3.8) is 0 Å². The lowest BCUT2D eigenvalue weighted by Gasteiger charge is -2.24. The maximum Gasteiger partial charge on any atom is 0.338 e. The molecule has 0 saturated heterocycles. The van der Waals surface area contributed by atoms with Crippen LogP contribution in [-0.2, 0) is 16.1 Å². The van der Waals surface area contributed by atoms with Crippen LogP contribution in [0.2, 0.25) is 10.0 Å². The van der Waals surface area contributed by atoms with E-state index in [1.807, 2.05) is 42.5 Å². The zero-order valence-corrected chi connectivity index (χ0v) is 25.8. The zero-order valence-electron chi connectivity index (χ0n) is 23.5. The number of allylic oxidation sites excluding steroid dienone is 1. The highest BCUT2D eigenvalue weighted by atomic mass is 35.5. The molecule has 10 heteroatoms. The first-order chi connectivity index (χ1) is 20.8. The van der Waals surface area contributed by atoms with E-state index in [0.29, 0.717) is 48.8 Å². The van der Waals surface area contributed by atoms with Gasteiger partial charge in [-0.2, -0.15) is 0 Å². The van der Waals surface area contributed by atoms with Crippen LogP contribution in [0.25, 0.3) is 6.08 Å². The Labute approximate surface area is 262 Å². The van der Waals surface area contributed by atoms with Crippen LogP contribution in [0.15, 0.2) is 100 Å². The molecular weight excluding hydrogens is 607 g/mol. The third-order valence-corrected chi connectivity index (χ3v) is 8.22. The predicted molar refractivity (Wildman–Crippen MR) is 170 cm³/mol. The number of hydrogen-bond donors (Lipinski definition) is 0. The van der Waals surface area contributed by atoms with E-state index in [9.17, 15) is 9.59 Å². The summed E-state index contributed by atoms with van der Waals surface area (Å²) in [6.07, 6.45) is 3.45. The van der Waals surface area contributed by atoms with Gasteiger partial charge in [-0.25, -0.2) is 9.79 Å². The van der Waals surface area contributed by atoms with E-state index in [4.69, 9.17) is 37.4 Å². The molecule has 0 saturated carbocycles. The van der Waals surface area contributed by atoms with Crippen LogP contribution in [0.1, 0.15) is 36.6 Å². The number of fused-ring (bicyclic) bond motifs is 1. The van der Waals surface area contributed by atoms with E-state index >= 15 is 0 Å². The summed E-state index contributed by atoms with van der Waals surface area (Å²) < 4.78 is 19.0. The Morgan fingerprint density at radius 2 is 1.86 bits per heavy atom. The summed E-state index contributed by atoms with van der Waals surface area (Å²) >= 11 is 13.5. The summed E-state index contributed by atoms with van der Waals surface area (Å²) in [5.74, 6) is 0.750. The molecule has 0 N–H and O–H groups in total. The maximum atomic E-state index is 13.9. The minimum atomic E-state index is -0.718. The number of aromatic nitrogens is 1. The van der Waals surface area contributed by atoms with Gasteiger partial charge in [-0.15, -0.1) is 0 Å². The van der Waals surface area contributed by atoms with Crippen molar-refractivity contribution in [2.45, 2.75) is 26.5 Å². The van der Waals surface area contributed by atoms with E-state index in [1.54, 1.807) is 54.8 Å². The normalized spacial score (nSPS) is 14.6. The van der Waals surface area contributed by atoms with E-state index in [-0.39, 0.29) is 18.8 Å². The summed E-state index contributed by atoms with van der Waals surface area (Å²) in [7, 11) is 0. The van der Waals surface area contributed by atoms with Crippen molar-refractivity contribution >= 4 is 46.6 Å². The number of halogens is 2. The van der Waals surface area contributed by atoms with Crippen LogP contribution in [0, 0.1) is 0 Å². The van der Waals surface area contributed by atoms with Crippen molar-refractivity contribution in [3.05, 3.63) is 137 Å². The van der Waals surface area contributed by atoms with Gasteiger partial charge in [0.05, 0.1) is 28.5 Å². The molecule has 0 amide bonds. The van der Waals surface area contributed by atoms with Gasteiger partial charge in [-0.1, -0.05) is 77.5 Å². The number of rotatable bonds is 10. The first-order valence-corrected chi connectivity index (χ1v) is 15.1. The van der Waals surface area contributed by atoms with Crippen molar-refractivity contribution in [1.29, 1.82) is 0 Å². The largest absolute Gasteiger partial charge is 0.490 e. The number of carbonyl (C=O) groups excluding carboxylic acids is 1. The molecule has 2 heterocycles. The SMILES string of the molecule is C=CCOc1ccc([C@@H]2C(C(=O)OCC)=C(C)N=c3s/c(=C\c4cccc(OCc5ccc(Cl)cc5Cl)c4)c(=O)n32)cc1. The molecule has 1 aliphatic heterocycles. The molecule has 0 radical (unpaired) electrons. The number of thiazole rings is 1. The molecular formula is C33H28Cl2N2O5S. The predicted octanol–water partition coefficient (Wildman–Crippen LogP) is 6.25. The number of esters is 1.